The summed E-state index contributed by atoms with van der Waals surface area (Å²) >= 11 is 3.68. The van der Waals surface area contributed by atoms with Crippen LogP contribution in [0.15, 0.2) is 4.47 Å². The SMILES string of the molecule is CCc1nn(C)c(CNC2CCN(C3CC3)C2)c1Br. The highest BCUT2D eigenvalue weighted by molar-refractivity contribution is 9.10. The van der Waals surface area contributed by atoms with E-state index in [0.29, 0.717) is 6.04 Å². The summed E-state index contributed by atoms with van der Waals surface area (Å²) in [6, 6.07) is 1.55. The minimum absolute atomic E-state index is 0.646. The first-order chi connectivity index (χ1) is 9.19. The fraction of sp³-hybridized carbons (Fsp3) is 0.786. The van der Waals surface area contributed by atoms with Crippen LogP contribution in [0.1, 0.15) is 37.6 Å². The fourth-order valence-electron chi connectivity index (χ4n) is 2.98. The Morgan fingerprint density at radius 1 is 1.37 bits per heavy atom. The van der Waals surface area contributed by atoms with Gasteiger partial charge < -0.3 is 5.32 Å². The molecule has 1 aromatic heterocycles. The molecule has 0 aromatic carbocycles. The Labute approximate surface area is 123 Å². The molecule has 1 unspecified atom stereocenters. The summed E-state index contributed by atoms with van der Waals surface area (Å²) < 4.78 is 3.19. The maximum Gasteiger partial charge on any atom is 0.0767 e. The molecule has 1 aromatic rings. The molecule has 0 bridgehead atoms. The number of likely N-dealkylation sites (tertiary alicyclic amines) is 1. The average Bonchev–Trinajstić information content (AvgIpc) is 3.08. The quantitative estimate of drug-likeness (QED) is 0.899. The number of nitrogens with zero attached hydrogens (tertiary/aromatic N) is 3. The van der Waals surface area contributed by atoms with Crippen LogP contribution in [-0.2, 0) is 20.0 Å². The first kappa shape index (κ1) is 13.6. The molecule has 0 spiro atoms. The van der Waals surface area contributed by atoms with E-state index in [1.807, 2.05) is 11.7 Å². The highest BCUT2D eigenvalue weighted by Gasteiger charge is 2.34. The molecule has 2 heterocycles. The lowest BCUT2D eigenvalue weighted by molar-refractivity contribution is 0.317. The zero-order chi connectivity index (χ0) is 13.4. The lowest BCUT2D eigenvalue weighted by atomic mass is 10.2. The summed E-state index contributed by atoms with van der Waals surface area (Å²) in [7, 11) is 2.03. The Balaban J connectivity index is 1.56. The predicted molar refractivity (Wildman–Crippen MR) is 80.1 cm³/mol. The van der Waals surface area contributed by atoms with Crippen LogP contribution in [0.5, 0.6) is 0 Å². The molecular formula is C14H23BrN4. The third kappa shape index (κ3) is 2.88. The van der Waals surface area contributed by atoms with Crippen LogP contribution >= 0.6 is 15.9 Å². The van der Waals surface area contributed by atoms with Crippen molar-refractivity contribution in [3.05, 3.63) is 15.9 Å². The van der Waals surface area contributed by atoms with Gasteiger partial charge in [0.15, 0.2) is 0 Å². The van der Waals surface area contributed by atoms with Crippen LogP contribution in [-0.4, -0.2) is 39.9 Å². The number of hydrogen-bond donors (Lipinski definition) is 1. The van der Waals surface area contributed by atoms with Gasteiger partial charge in [-0.1, -0.05) is 6.92 Å². The number of hydrogen-bond acceptors (Lipinski definition) is 3. The molecule has 19 heavy (non-hydrogen) atoms. The van der Waals surface area contributed by atoms with Crippen LogP contribution in [0.25, 0.3) is 0 Å². The monoisotopic (exact) mass is 326 g/mol. The van der Waals surface area contributed by atoms with E-state index in [4.69, 9.17) is 0 Å². The molecule has 3 rings (SSSR count). The van der Waals surface area contributed by atoms with Gasteiger partial charge in [0.05, 0.1) is 15.9 Å². The largest absolute Gasteiger partial charge is 0.307 e. The number of nitrogens with one attached hydrogen (secondary N) is 1. The van der Waals surface area contributed by atoms with Crippen LogP contribution < -0.4 is 5.32 Å². The second-order valence-electron chi connectivity index (χ2n) is 5.78. The summed E-state index contributed by atoms with van der Waals surface area (Å²) in [5.74, 6) is 0. The Bertz CT molecular complexity index is 453. The van der Waals surface area contributed by atoms with Crippen LogP contribution in [0.3, 0.4) is 0 Å². The Morgan fingerprint density at radius 3 is 2.79 bits per heavy atom. The standard InChI is InChI=1S/C14H23BrN4/c1-3-12-14(15)13(18(2)17-12)8-16-10-6-7-19(9-10)11-4-5-11/h10-11,16H,3-9H2,1-2H3. The number of rotatable bonds is 5. The first-order valence-corrected chi connectivity index (χ1v) is 8.16. The summed E-state index contributed by atoms with van der Waals surface area (Å²) in [6.07, 6.45) is 5.10. The van der Waals surface area contributed by atoms with Gasteiger partial charge in [-0.2, -0.15) is 5.10 Å². The molecule has 0 amide bonds. The average molecular weight is 327 g/mol. The topological polar surface area (TPSA) is 33.1 Å². The predicted octanol–water partition coefficient (Wildman–Crippen LogP) is 2.07. The smallest absolute Gasteiger partial charge is 0.0767 e. The maximum atomic E-state index is 4.55. The molecule has 106 valence electrons. The lowest BCUT2D eigenvalue weighted by Gasteiger charge is -2.16. The van der Waals surface area contributed by atoms with Crippen LogP contribution in [0.2, 0.25) is 0 Å². The van der Waals surface area contributed by atoms with Crippen molar-refractivity contribution in [1.82, 2.24) is 20.0 Å². The van der Waals surface area contributed by atoms with Crippen molar-refractivity contribution in [2.75, 3.05) is 13.1 Å². The third-order valence-electron chi connectivity index (χ3n) is 4.34. The van der Waals surface area contributed by atoms with Gasteiger partial charge in [0.25, 0.3) is 0 Å². The molecule has 1 atom stereocenters. The zero-order valence-electron chi connectivity index (χ0n) is 11.8. The van der Waals surface area contributed by atoms with Crippen molar-refractivity contribution in [2.24, 2.45) is 7.05 Å². The molecule has 0 radical (unpaired) electrons. The van der Waals surface area contributed by atoms with Gasteiger partial charge in [-0.3, -0.25) is 9.58 Å². The Morgan fingerprint density at radius 2 is 2.16 bits per heavy atom. The number of halogens is 1. The highest BCUT2D eigenvalue weighted by Crippen LogP contribution is 2.30. The van der Waals surface area contributed by atoms with Gasteiger partial charge >= 0.3 is 0 Å². The maximum absolute atomic E-state index is 4.55. The minimum atomic E-state index is 0.646. The van der Waals surface area contributed by atoms with E-state index < -0.39 is 0 Å². The molecule has 2 aliphatic rings. The van der Waals surface area contributed by atoms with Gasteiger partial charge in [-0.05, 0) is 41.6 Å². The third-order valence-corrected chi connectivity index (χ3v) is 5.26. The summed E-state index contributed by atoms with van der Waals surface area (Å²) in [5, 5.41) is 8.24. The second-order valence-corrected chi connectivity index (χ2v) is 6.57. The first-order valence-electron chi connectivity index (χ1n) is 7.36. The van der Waals surface area contributed by atoms with Crippen molar-refractivity contribution in [1.29, 1.82) is 0 Å². The molecule has 1 saturated heterocycles. The number of aryl methyl sites for hydroxylation is 2. The fourth-order valence-corrected chi connectivity index (χ4v) is 3.73. The summed E-state index contributed by atoms with van der Waals surface area (Å²) in [5.41, 5.74) is 2.42. The molecule has 1 N–H and O–H groups in total. The normalized spacial score (nSPS) is 24.3. The summed E-state index contributed by atoms with van der Waals surface area (Å²) in [6.45, 7) is 5.55. The van der Waals surface area contributed by atoms with E-state index in [1.54, 1.807) is 0 Å². The van der Waals surface area contributed by atoms with Crippen molar-refractivity contribution in [3.8, 4) is 0 Å². The van der Waals surface area contributed by atoms with Crippen molar-refractivity contribution in [2.45, 2.75) is 51.2 Å². The van der Waals surface area contributed by atoms with Crippen molar-refractivity contribution >= 4 is 15.9 Å². The molecule has 1 aliphatic carbocycles. The van der Waals surface area contributed by atoms with E-state index >= 15 is 0 Å². The molecule has 1 saturated carbocycles. The van der Waals surface area contributed by atoms with Gasteiger partial charge in [-0.25, -0.2) is 0 Å². The van der Waals surface area contributed by atoms with E-state index in [2.05, 4.69) is 38.2 Å². The minimum Gasteiger partial charge on any atom is -0.307 e. The van der Waals surface area contributed by atoms with Gasteiger partial charge in [0, 0.05) is 38.8 Å². The van der Waals surface area contributed by atoms with E-state index in [-0.39, 0.29) is 0 Å². The van der Waals surface area contributed by atoms with Gasteiger partial charge in [0.1, 0.15) is 0 Å². The van der Waals surface area contributed by atoms with Crippen LogP contribution in [0, 0.1) is 0 Å². The molecule has 5 heteroatoms. The van der Waals surface area contributed by atoms with Crippen LogP contribution in [0.4, 0.5) is 0 Å². The van der Waals surface area contributed by atoms with E-state index in [0.717, 1.165) is 24.7 Å². The molecule has 2 fully saturated rings. The molecule has 4 nitrogen and oxygen atoms in total. The van der Waals surface area contributed by atoms with Gasteiger partial charge in [-0.15, -0.1) is 0 Å². The second kappa shape index (κ2) is 5.54. The Kier molecular flexibility index (Phi) is 3.96. The van der Waals surface area contributed by atoms with Gasteiger partial charge in [0.2, 0.25) is 0 Å². The Hall–Kier alpha value is -0.390. The molecular weight excluding hydrogens is 304 g/mol. The van der Waals surface area contributed by atoms with E-state index in [1.165, 1.54) is 42.5 Å². The van der Waals surface area contributed by atoms with Crippen molar-refractivity contribution < 1.29 is 0 Å². The molecule has 1 aliphatic heterocycles. The number of aromatic nitrogens is 2. The van der Waals surface area contributed by atoms with Crippen molar-refractivity contribution in [3.63, 3.8) is 0 Å². The van der Waals surface area contributed by atoms with E-state index in [9.17, 15) is 0 Å². The summed E-state index contributed by atoms with van der Waals surface area (Å²) in [4.78, 5) is 2.65. The zero-order valence-corrected chi connectivity index (χ0v) is 13.4. The lowest BCUT2D eigenvalue weighted by Crippen LogP contribution is -2.33. The highest BCUT2D eigenvalue weighted by atomic mass is 79.9.